The van der Waals surface area contributed by atoms with Crippen LogP contribution in [0.1, 0.15) is 24.6 Å². The molecule has 5 nitrogen and oxygen atoms in total. The Hall–Kier alpha value is -1.90. The number of nitrogens with zero attached hydrogens (tertiary/aromatic N) is 3. The van der Waals surface area contributed by atoms with Crippen LogP contribution in [-0.2, 0) is 12.7 Å². The standard InChI is InChI=1S/C12H13F3N4OS/c1-2-5-16-11-9(17-18-21-11)7-19-6-8(12(13,14)15)3-4-10(19)20/h3-4,6,16H,2,5,7H2,1H3. The summed E-state index contributed by atoms with van der Waals surface area (Å²) < 4.78 is 42.8. The van der Waals surface area contributed by atoms with Crippen LogP contribution < -0.4 is 10.9 Å². The van der Waals surface area contributed by atoms with Crippen LogP contribution in [0.2, 0.25) is 0 Å². The summed E-state index contributed by atoms with van der Waals surface area (Å²) in [5, 5.41) is 7.61. The number of hydrogen-bond donors (Lipinski definition) is 1. The third-order valence-electron chi connectivity index (χ3n) is 2.72. The number of aromatic nitrogens is 3. The minimum absolute atomic E-state index is 0.0503. The molecule has 0 radical (unpaired) electrons. The lowest BCUT2D eigenvalue weighted by molar-refractivity contribution is -0.138. The zero-order valence-electron chi connectivity index (χ0n) is 11.1. The van der Waals surface area contributed by atoms with Gasteiger partial charge in [0.25, 0.3) is 5.56 Å². The van der Waals surface area contributed by atoms with E-state index >= 15 is 0 Å². The number of anilines is 1. The minimum atomic E-state index is -4.49. The van der Waals surface area contributed by atoms with E-state index in [-0.39, 0.29) is 6.54 Å². The molecule has 0 saturated heterocycles. The smallest absolute Gasteiger partial charge is 0.374 e. The first-order valence-corrected chi connectivity index (χ1v) is 7.02. The summed E-state index contributed by atoms with van der Waals surface area (Å²) in [6, 6.07) is 1.68. The quantitative estimate of drug-likeness (QED) is 0.920. The van der Waals surface area contributed by atoms with Gasteiger partial charge < -0.3 is 9.88 Å². The van der Waals surface area contributed by atoms with Gasteiger partial charge in [0.1, 0.15) is 10.7 Å². The van der Waals surface area contributed by atoms with Gasteiger partial charge in [-0.2, -0.15) is 13.2 Å². The Labute approximate surface area is 122 Å². The van der Waals surface area contributed by atoms with E-state index in [1.807, 2.05) is 6.92 Å². The molecule has 0 aliphatic carbocycles. The first-order chi connectivity index (χ1) is 9.91. The molecule has 114 valence electrons. The average molecular weight is 318 g/mol. The fourth-order valence-corrected chi connectivity index (χ4v) is 2.27. The van der Waals surface area contributed by atoms with E-state index in [1.165, 1.54) is 0 Å². The van der Waals surface area contributed by atoms with Crippen molar-refractivity contribution in [2.24, 2.45) is 0 Å². The molecule has 0 aliphatic rings. The molecule has 2 heterocycles. The normalized spacial score (nSPS) is 11.6. The van der Waals surface area contributed by atoms with E-state index in [9.17, 15) is 18.0 Å². The number of alkyl halides is 3. The molecule has 0 atom stereocenters. The third-order valence-corrected chi connectivity index (χ3v) is 3.45. The molecule has 2 rings (SSSR count). The second-order valence-electron chi connectivity index (χ2n) is 4.36. The maximum Gasteiger partial charge on any atom is 0.417 e. The Morgan fingerprint density at radius 2 is 2.14 bits per heavy atom. The van der Waals surface area contributed by atoms with E-state index in [4.69, 9.17) is 0 Å². The van der Waals surface area contributed by atoms with E-state index in [1.54, 1.807) is 0 Å². The predicted molar refractivity (Wildman–Crippen MR) is 73.5 cm³/mol. The monoisotopic (exact) mass is 318 g/mol. The Bertz CT molecular complexity index is 665. The lowest BCUT2D eigenvalue weighted by Gasteiger charge is -2.10. The first kappa shape index (κ1) is 15.5. The zero-order valence-corrected chi connectivity index (χ0v) is 12.0. The van der Waals surface area contributed by atoms with Crippen LogP contribution >= 0.6 is 11.5 Å². The van der Waals surface area contributed by atoms with Crippen LogP contribution in [0.25, 0.3) is 0 Å². The van der Waals surface area contributed by atoms with Crippen LogP contribution in [0.5, 0.6) is 0 Å². The fourth-order valence-electron chi connectivity index (χ4n) is 1.67. The Balaban J connectivity index is 2.27. The summed E-state index contributed by atoms with van der Waals surface area (Å²) in [7, 11) is 0. The van der Waals surface area contributed by atoms with Crippen LogP contribution in [0, 0.1) is 0 Å². The van der Waals surface area contributed by atoms with Crippen molar-refractivity contribution in [1.82, 2.24) is 14.2 Å². The molecule has 0 aromatic carbocycles. The number of halogens is 3. The van der Waals surface area contributed by atoms with Crippen LogP contribution in [0.4, 0.5) is 18.2 Å². The van der Waals surface area contributed by atoms with Gasteiger partial charge in [-0.05, 0) is 12.5 Å². The predicted octanol–water partition coefficient (Wildman–Crippen LogP) is 2.59. The zero-order chi connectivity index (χ0) is 15.5. The summed E-state index contributed by atoms with van der Waals surface area (Å²) in [5.41, 5.74) is -0.930. The van der Waals surface area contributed by atoms with Gasteiger partial charge in [-0.3, -0.25) is 4.79 Å². The van der Waals surface area contributed by atoms with Crippen molar-refractivity contribution in [2.75, 3.05) is 11.9 Å². The highest BCUT2D eigenvalue weighted by atomic mass is 32.1. The van der Waals surface area contributed by atoms with Gasteiger partial charge in [0.05, 0.1) is 12.1 Å². The molecule has 2 aromatic heterocycles. The number of nitrogens with one attached hydrogen (secondary N) is 1. The molecule has 0 fully saturated rings. The van der Waals surface area contributed by atoms with E-state index in [0.29, 0.717) is 17.2 Å². The van der Waals surface area contributed by atoms with Crippen LogP contribution in [-0.4, -0.2) is 20.7 Å². The van der Waals surface area contributed by atoms with Gasteiger partial charge in [0, 0.05) is 30.3 Å². The maximum absolute atomic E-state index is 12.7. The van der Waals surface area contributed by atoms with Gasteiger partial charge in [-0.1, -0.05) is 11.4 Å². The van der Waals surface area contributed by atoms with Crippen molar-refractivity contribution in [1.29, 1.82) is 0 Å². The highest BCUT2D eigenvalue weighted by molar-refractivity contribution is 7.10. The summed E-state index contributed by atoms with van der Waals surface area (Å²) >= 11 is 1.11. The van der Waals surface area contributed by atoms with E-state index < -0.39 is 17.3 Å². The van der Waals surface area contributed by atoms with Crippen molar-refractivity contribution < 1.29 is 13.2 Å². The number of pyridine rings is 1. The average Bonchev–Trinajstić information content (AvgIpc) is 2.85. The SMILES string of the molecule is CCCNc1snnc1Cn1cc(C(F)(F)F)ccc1=O. The van der Waals surface area contributed by atoms with Crippen molar-refractivity contribution in [2.45, 2.75) is 26.1 Å². The first-order valence-electron chi connectivity index (χ1n) is 6.24. The molecule has 0 amide bonds. The maximum atomic E-state index is 12.7. The Kier molecular flexibility index (Phi) is 4.61. The molecule has 0 spiro atoms. The molecular formula is C12H13F3N4OS. The number of hydrogen-bond acceptors (Lipinski definition) is 5. The van der Waals surface area contributed by atoms with E-state index in [2.05, 4.69) is 14.9 Å². The van der Waals surface area contributed by atoms with Gasteiger partial charge >= 0.3 is 6.18 Å². The summed E-state index contributed by atoms with van der Waals surface area (Å²) in [5.74, 6) is 0. The summed E-state index contributed by atoms with van der Waals surface area (Å²) in [6.45, 7) is 2.64. The molecular weight excluding hydrogens is 305 g/mol. The van der Waals surface area contributed by atoms with Gasteiger partial charge in [-0.25, -0.2) is 0 Å². The molecule has 0 aliphatic heterocycles. The number of rotatable bonds is 5. The Morgan fingerprint density at radius 1 is 1.38 bits per heavy atom. The highest BCUT2D eigenvalue weighted by Gasteiger charge is 2.31. The van der Waals surface area contributed by atoms with Gasteiger partial charge in [0.2, 0.25) is 0 Å². The summed E-state index contributed by atoms with van der Waals surface area (Å²) in [4.78, 5) is 11.7. The molecule has 0 bridgehead atoms. The van der Waals surface area contributed by atoms with Crippen LogP contribution in [0.3, 0.4) is 0 Å². The lowest BCUT2D eigenvalue weighted by Crippen LogP contribution is -2.22. The Morgan fingerprint density at radius 3 is 2.81 bits per heavy atom. The van der Waals surface area contributed by atoms with Gasteiger partial charge in [-0.15, -0.1) is 5.10 Å². The van der Waals surface area contributed by atoms with Crippen molar-refractivity contribution in [3.05, 3.63) is 39.9 Å². The molecule has 1 N–H and O–H groups in total. The molecule has 0 saturated carbocycles. The topological polar surface area (TPSA) is 59.8 Å². The fraction of sp³-hybridized carbons (Fsp3) is 0.417. The van der Waals surface area contributed by atoms with Crippen LogP contribution in [0.15, 0.2) is 23.1 Å². The second-order valence-corrected chi connectivity index (χ2v) is 5.11. The molecule has 2 aromatic rings. The summed E-state index contributed by atoms with van der Waals surface area (Å²) in [6.07, 6.45) is -2.80. The highest BCUT2D eigenvalue weighted by Crippen LogP contribution is 2.28. The lowest BCUT2D eigenvalue weighted by atomic mass is 10.2. The van der Waals surface area contributed by atoms with Crippen molar-refractivity contribution in [3.63, 3.8) is 0 Å². The molecule has 9 heteroatoms. The molecule has 21 heavy (non-hydrogen) atoms. The molecule has 0 unspecified atom stereocenters. The third kappa shape index (κ3) is 3.81. The minimum Gasteiger partial charge on any atom is -0.374 e. The van der Waals surface area contributed by atoms with Crippen molar-refractivity contribution >= 4 is 16.5 Å². The van der Waals surface area contributed by atoms with E-state index in [0.717, 1.165) is 40.8 Å². The second kappa shape index (κ2) is 6.25. The largest absolute Gasteiger partial charge is 0.417 e. The van der Waals surface area contributed by atoms with Crippen molar-refractivity contribution in [3.8, 4) is 0 Å². The van der Waals surface area contributed by atoms with Gasteiger partial charge in [0.15, 0.2) is 0 Å².